The number of aromatic nitrogens is 1. The van der Waals surface area contributed by atoms with Crippen molar-refractivity contribution in [1.82, 2.24) is 9.88 Å². The molecule has 1 aromatic rings. The van der Waals surface area contributed by atoms with Gasteiger partial charge in [0.1, 0.15) is 12.0 Å². The summed E-state index contributed by atoms with van der Waals surface area (Å²) in [6.45, 7) is 3.57. The van der Waals surface area contributed by atoms with Crippen LogP contribution in [0.3, 0.4) is 0 Å². The second-order valence-electron chi connectivity index (χ2n) is 4.60. The van der Waals surface area contributed by atoms with Crippen molar-refractivity contribution < 1.29 is 14.8 Å². The van der Waals surface area contributed by atoms with E-state index in [0.29, 0.717) is 12.4 Å². The molecule has 1 aliphatic heterocycles. The molecule has 0 saturated carbocycles. The molecule has 1 aliphatic rings. The molecule has 1 saturated heterocycles. The molecule has 0 bridgehead atoms. The predicted octanol–water partition coefficient (Wildman–Crippen LogP) is 0.586. The topological polar surface area (TPSA) is 99.8 Å². The molecular weight excluding hydrogens is 264 g/mol. The summed E-state index contributed by atoms with van der Waals surface area (Å²) in [4.78, 5) is 28.8. The number of rotatable bonds is 5. The Labute approximate surface area is 115 Å². The van der Waals surface area contributed by atoms with Crippen molar-refractivity contribution in [2.45, 2.75) is 6.42 Å². The third-order valence-corrected chi connectivity index (χ3v) is 3.28. The highest BCUT2D eigenvalue weighted by Gasteiger charge is 2.19. The Morgan fingerprint density at radius 2 is 2.05 bits per heavy atom. The van der Waals surface area contributed by atoms with E-state index in [9.17, 15) is 14.9 Å². The highest BCUT2D eigenvalue weighted by Crippen LogP contribution is 2.17. The van der Waals surface area contributed by atoms with Crippen molar-refractivity contribution in [2.75, 3.05) is 37.6 Å². The van der Waals surface area contributed by atoms with Crippen LogP contribution in [-0.4, -0.2) is 58.6 Å². The van der Waals surface area contributed by atoms with Gasteiger partial charge in [0.15, 0.2) is 0 Å². The zero-order chi connectivity index (χ0) is 14.5. The lowest BCUT2D eigenvalue weighted by Crippen LogP contribution is -2.47. The molecule has 0 aromatic carbocycles. The zero-order valence-electron chi connectivity index (χ0n) is 10.9. The zero-order valence-corrected chi connectivity index (χ0v) is 10.9. The van der Waals surface area contributed by atoms with Crippen molar-refractivity contribution in [3.05, 3.63) is 28.4 Å². The minimum atomic E-state index is -0.788. The summed E-state index contributed by atoms with van der Waals surface area (Å²) in [6, 6.07) is 3.09. The van der Waals surface area contributed by atoms with Crippen LogP contribution in [0, 0.1) is 10.1 Å². The summed E-state index contributed by atoms with van der Waals surface area (Å²) < 4.78 is 0. The normalized spacial score (nSPS) is 16.1. The summed E-state index contributed by atoms with van der Waals surface area (Å²) in [5, 5.41) is 19.2. The van der Waals surface area contributed by atoms with E-state index in [0.717, 1.165) is 26.2 Å². The van der Waals surface area contributed by atoms with Crippen LogP contribution in [0.2, 0.25) is 0 Å². The summed E-state index contributed by atoms with van der Waals surface area (Å²) in [7, 11) is 0. The molecule has 8 nitrogen and oxygen atoms in total. The van der Waals surface area contributed by atoms with Gasteiger partial charge in [0, 0.05) is 38.8 Å². The molecule has 1 aromatic heterocycles. The van der Waals surface area contributed by atoms with E-state index in [4.69, 9.17) is 5.11 Å². The van der Waals surface area contributed by atoms with Crippen LogP contribution in [-0.2, 0) is 4.79 Å². The fraction of sp³-hybridized carbons (Fsp3) is 0.500. The molecule has 1 N–H and O–H groups in total. The maximum Gasteiger partial charge on any atom is 0.304 e. The smallest absolute Gasteiger partial charge is 0.304 e. The van der Waals surface area contributed by atoms with Crippen LogP contribution in [0.4, 0.5) is 11.5 Å². The summed E-state index contributed by atoms with van der Waals surface area (Å²) in [5.74, 6) is -0.0713. The number of anilines is 1. The minimum absolute atomic E-state index is 0.0196. The van der Waals surface area contributed by atoms with Gasteiger partial charge < -0.3 is 10.0 Å². The van der Waals surface area contributed by atoms with Gasteiger partial charge in [-0.05, 0) is 6.07 Å². The lowest BCUT2D eigenvalue weighted by Gasteiger charge is -2.35. The number of nitrogens with zero attached hydrogens (tertiary/aromatic N) is 4. The van der Waals surface area contributed by atoms with Gasteiger partial charge in [-0.1, -0.05) is 0 Å². The van der Waals surface area contributed by atoms with Gasteiger partial charge in [0.05, 0.1) is 11.3 Å². The Balaban J connectivity index is 1.87. The van der Waals surface area contributed by atoms with E-state index < -0.39 is 10.9 Å². The summed E-state index contributed by atoms with van der Waals surface area (Å²) in [5.41, 5.74) is -0.0196. The first-order chi connectivity index (χ1) is 9.56. The Morgan fingerprint density at radius 1 is 1.35 bits per heavy atom. The number of carboxylic acid groups (broad SMARTS) is 1. The molecule has 0 unspecified atom stereocenters. The first-order valence-electron chi connectivity index (χ1n) is 6.36. The van der Waals surface area contributed by atoms with Gasteiger partial charge in [-0.15, -0.1) is 0 Å². The third-order valence-electron chi connectivity index (χ3n) is 3.28. The van der Waals surface area contributed by atoms with E-state index >= 15 is 0 Å². The van der Waals surface area contributed by atoms with Crippen molar-refractivity contribution >= 4 is 17.5 Å². The Hall–Kier alpha value is -2.22. The average Bonchev–Trinajstić information content (AvgIpc) is 2.46. The van der Waals surface area contributed by atoms with E-state index in [-0.39, 0.29) is 12.1 Å². The molecule has 2 heterocycles. The number of hydrogen-bond donors (Lipinski definition) is 1. The van der Waals surface area contributed by atoms with Crippen LogP contribution in [0.5, 0.6) is 0 Å². The number of carbonyl (C=O) groups is 1. The lowest BCUT2D eigenvalue weighted by atomic mass is 10.2. The first-order valence-corrected chi connectivity index (χ1v) is 6.36. The van der Waals surface area contributed by atoms with E-state index in [2.05, 4.69) is 9.88 Å². The molecular formula is C12H16N4O4. The average molecular weight is 280 g/mol. The Morgan fingerprint density at radius 3 is 2.55 bits per heavy atom. The van der Waals surface area contributed by atoms with Gasteiger partial charge in [0.25, 0.3) is 5.69 Å². The SMILES string of the molecule is O=C(O)CCN1CCN(c2ccc([N+](=O)[O-])cn2)CC1. The molecule has 108 valence electrons. The lowest BCUT2D eigenvalue weighted by molar-refractivity contribution is -0.385. The minimum Gasteiger partial charge on any atom is -0.481 e. The quantitative estimate of drug-likeness (QED) is 0.622. The third kappa shape index (κ3) is 3.64. The van der Waals surface area contributed by atoms with E-state index in [1.807, 2.05) is 4.90 Å². The van der Waals surface area contributed by atoms with Crippen LogP contribution in [0.15, 0.2) is 18.3 Å². The van der Waals surface area contributed by atoms with Crippen LogP contribution in [0.1, 0.15) is 6.42 Å². The van der Waals surface area contributed by atoms with Crippen molar-refractivity contribution in [2.24, 2.45) is 0 Å². The number of carboxylic acids is 1. The number of piperazine rings is 1. The Bertz CT molecular complexity index is 483. The molecule has 0 amide bonds. The van der Waals surface area contributed by atoms with Crippen molar-refractivity contribution in [3.63, 3.8) is 0 Å². The number of nitro groups is 1. The van der Waals surface area contributed by atoms with Gasteiger partial charge in [-0.25, -0.2) is 4.98 Å². The van der Waals surface area contributed by atoms with E-state index in [1.165, 1.54) is 12.3 Å². The maximum absolute atomic E-state index is 10.6. The van der Waals surface area contributed by atoms with E-state index in [1.54, 1.807) is 6.07 Å². The fourth-order valence-electron chi connectivity index (χ4n) is 2.13. The highest BCUT2D eigenvalue weighted by atomic mass is 16.6. The summed E-state index contributed by atoms with van der Waals surface area (Å²) >= 11 is 0. The molecule has 0 atom stereocenters. The molecule has 2 rings (SSSR count). The monoisotopic (exact) mass is 280 g/mol. The van der Waals surface area contributed by atoms with Gasteiger partial charge in [-0.2, -0.15) is 0 Å². The second-order valence-corrected chi connectivity index (χ2v) is 4.60. The highest BCUT2D eigenvalue weighted by molar-refractivity contribution is 5.66. The maximum atomic E-state index is 10.6. The van der Waals surface area contributed by atoms with Crippen LogP contribution < -0.4 is 4.90 Å². The Kier molecular flexibility index (Phi) is 4.46. The van der Waals surface area contributed by atoms with Gasteiger partial charge in [-0.3, -0.25) is 19.8 Å². The fourth-order valence-corrected chi connectivity index (χ4v) is 2.13. The van der Waals surface area contributed by atoms with Crippen LogP contribution >= 0.6 is 0 Å². The number of hydrogen-bond acceptors (Lipinski definition) is 6. The van der Waals surface area contributed by atoms with Gasteiger partial charge in [0.2, 0.25) is 0 Å². The number of pyridine rings is 1. The first kappa shape index (κ1) is 14.2. The standard InChI is InChI=1S/C12H16N4O4/c17-12(18)3-4-14-5-7-15(8-6-14)11-2-1-10(9-13-11)16(19)20/h1-2,9H,3-8H2,(H,17,18). The predicted molar refractivity (Wildman–Crippen MR) is 71.8 cm³/mol. The van der Waals surface area contributed by atoms with Crippen LogP contribution in [0.25, 0.3) is 0 Å². The second kappa shape index (κ2) is 6.29. The number of aliphatic carboxylic acids is 1. The molecule has 0 aliphatic carbocycles. The largest absolute Gasteiger partial charge is 0.481 e. The molecule has 0 radical (unpaired) electrons. The van der Waals surface area contributed by atoms with Gasteiger partial charge >= 0.3 is 5.97 Å². The summed E-state index contributed by atoms with van der Waals surface area (Å²) in [6.07, 6.45) is 1.40. The molecule has 20 heavy (non-hydrogen) atoms. The van der Waals surface area contributed by atoms with Crippen molar-refractivity contribution in [3.8, 4) is 0 Å². The molecule has 1 fully saturated rings. The van der Waals surface area contributed by atoms with Crippen molar-refractivity contribution in [1.29, 1.82) is 0 Å². The molecule has 0 spiro atoms. The molecule has 8 heteroatoms.